The van der Waals surface area contributed by atoms with Crippen LogP contribution in [0.15, 0.2) is 0 Å². The average molecular weight is 345 g/mol. The van der Waals surface area contributed by atoms with E-state index in [1.807, 2.05) is 0 Å². The van der Waals surface area contributed by atoms with E-state index in [0.717, 1.165) is 0 Å². The molecule has 0 aliphatic rings. The summed E-state index contributed by atoms with van der Waals surface area (Å²) in [6.45, 7) is 4.25. The van der Waals surface area contributed by atoms with Crippen LogP contribution >= 0.6 is 0 Å². The Balaban J connectivity index is -0.0000000458. The molecule has 0 aliphatic heterocycles. The summed E-state index contributed by atoms with van der Waals surface area (Å²) in [5.74, 6) is 0. The Kier molecular flexibility index (Phi) is 26.0. The molecule has 16 heteroatoms. The Morgan fingerprint density at radius 2 is 0.474 bits per heavy atom. The molecule has 118 valence electrons. The molecule has 0 bridgehead atoms. The molecule has 0 aromatic heterocycles. The zero-order chi connectivity index (χ0) is 16.2. The van der Waals surface area contributed by atoms with E-state index < -0.39 is 21.8 Å². The summed E-state index contributed by atoms with van der Waals surface area (Å²) in [4.78, 5) is 0. The van der Waals surface area contributed by atoms with Crippen molar-refractivity contribution < 1.29 is 51.8 Å². The fraction of sp³-hybridized carbons (Fsp3) is 1.00. The van der Waals surface area contributed by atoms with Crippen LogP contribution in [0.5, 0.6) is 0 Å². The molecule has 0 aromatic rings. The maximum absolute atomic E-state index is 9.75. The molecule has 0 saturated carbocycles. The molecule has 19 heavy (non-hydrogen) atoms. The summed E-state index contributed by atoms with van der Waals surface area (Å²) < 4.78 is 117. The van der Waals surface area contributed by atoms with Crippen LogP contribution in [-0.4, -0.2) is 73.1 Å². The molecule has 0 heterocycles. The van der Waals surface area contributed by atoms with Gasteiger partial charge in [-0.25, -0.2) is 0 Å². The summed E-state index contributed by atoms with van der Waals surface area (Å²) in [5, 5.41) is 0. The maximum atomic E-state index is 9.75. The van der Waals surface area contributed by atoms with Gasteiger partial charge in [-0.15, -0.1) is 0 Å². The molecule has 0 amide bonds. The molecule has 0 aliphatic carbocycles. The van der Waals surface area contributed by atoms with E-state index in [9.17, 15) is 51.8 Å². The van der Waals surface area contributed by atoms with Crippen molar-refractivity contribution in [2.24, 2.45) is 0 Å². The van der Waals surface area contributed by atoms with Crippen LogP contribution < -0.4 is 0 Å². The normalized spacial score (nSPS) is 10.4. The quantitative estimate of drug-likeness (QED) is 0.442. The molecule has 0 N–H and O–H groups in total. The first-order chi connectivity index (χ1) is 7.41. The third-order valence-corrected chi connectivity index (χ3v) is 0. The third-order valence-electron chi connectivity index (χ3n) is 0. The van der Waals surface area contributed by atoms with Crippen molar-refractivity contribution >= 4 is 73.1 Å². The molecule has 0 rings (SSSR count). The molecular formula is C3H9B3F12K-3. The van der Waals surface area contributed by atoms with Gasteiger partial charge in [0.1, 0.15) is 0 Å². The van der Waals surface area contributed by atoms with Crippen LogP contribution in [0.1, 0.15) is 20.3 Å². The summed E-state index contributed by atoms with van der Waals surface area (Å²) >= 11 is 0. The first kappa shape index (κ1) is 32.1. The van der Waals surface area contributed by atoms with Crippen LogP contribution in [0.25, 0.3) is 0 Å². The Hall–Kier alpha value is 0.991. The second kappa shape index (κ2) is 15.4. The van der Waals surface area contributed by atoms with E-state index in [1.165, 1.54) is 6.42 Å². The molecule has 0 saturated heterocycles. The van der Waals surface area contributed by atoms with Crippen molar-refractivity contribution in [2.45, 2.75) is 20.3 Å². The van der Waals surface area contributed by atoms with Gasteiger partial charge in [-0.05, 0) is 0 Å². The number of hydrogen-bond acceptors (Lipinski definition) is 0. The minimum absolute atomic E-state index is 0. The van der Waals surface area contributed by atoms with Crippen molar-refractivity contribution in [3.05, 3.63) is 0 Å². The molecule has 0 unspecified atom stereocenters. The number of halogens is 12. The van der Waals surface area contributed by atoms with Gasteiger partial charge >= 0.3 is 73.1 Å². The Morgan fingerprint density at radius 1 is 0.474 bits per heavy atom. The van der Waals surface area contributed by atoms with E-state index in [-0.39, 0.29) is 51.4 Å². The second-order valence-electron chi connectivity index (χ2n) is 2.19. The van der Waals surface area contributed by atoms with Crippen LogP contribution in [0.4, 0.5) is 51.8 Å². The van der Waals surface area contributed by atoms with Gasteiger partial charge in [-0.1, -0.05) is 20.3 Å². The van der Waals surface area contributed by atoms with E-state index >= 15 is 0 Å². The van der Waals surface area contributed by atoms with Crippen molar-refractivity contribution in [2.75, 3.05) is 0 Å². The SMILES string of the molecule is CCC.F[B-](F)(F)F.F[B-](F)(F)F.F[B-](F)(F)F.[KH]. The van der Waals surface area contributed by atoms with Gasteiger partial charge in [0, 0.05) is 0 Å². The van der Waals surface area contributed by atoms with Crippen LogP contribution in [0.2, 0.25) is 0 Å². The van der Waals surface area contributed by atoms with Gasteiger partial charge in [0.15, 0.2) is 0 Å². The molecule has 0 spiro atoms. The fourth-order valence-corrected chi connectivity index (χ4v) is 0. The summed E-state index contributed by atoms with van der Waals surface area (Å²) in [6.07, 6.45) is 1.25. The van der Waals surface area contributed by atoms with Crippen LogP contribution in [0, 0.1) is 0 Å². The van der Waals surface area contributed by atoms with Crippen LogP contribution in [-0.2, 0) is 0 Å². The summed E-state index contributed by atoms with van der Waals surface area (Å²) in [6, 6.07) is 0. The number of rotatable bonds is 0. The van der Waals surface area contributed by atoms with Crippen molar-refractivity contribution in [3.63, 3.8) is 0 Å². The molecule has 0 aromatic carbocycles. The van der Waals surface area contributed by atoms with Gasteiger partial charge in [0.25, 0.3) is 0 Å². The van der Waals surface area contributed by atoms with Gasteiger partial charge < -0.3 is 51.8 Å². The topological polar surface area (TPSA) is 0 Å². The zero-order valence-electron chi connectivity index (χ0n) is 8.97. The third kappa shape index (κ3) is 5580. The summed E-state index contributed by atoms with van der Waals surface area (Å²) in [5.41, 5.74) is 0. The van der Waals surface area contributed by atoms with Crippen LogP contribution in [0.3, 0.4) is 0 Å². The molecule has 0 nitrogen and oxygen atoms in total. The molecular weight excluding hydrogens is 336 g/mol. The first-order valence-corrected chi connectivity index (χ1v) is 4.03. The molecule has 0 radical (unpaired) electrons. The number of hydrogen-bond donors (Lipinski definition) is 0. The van der Waals surface area contributed by atoms with Crippen molar-refractivity contribution in [3.8, 4) is 0 Å². The Morgan fingerprint density at radius 3 is 0.474 bits per heavy atom. The van der Waals surface area contributed by atoms with E-state index in [1.54, 1.807) is 0 Å². The van der Waals surface area contributed by atoms with E-state index in [4.69, 9.17) is 0 Å². The Labute approximate surface area is 144 Å². The fourth-order valence-electron chi connectivity index (χ4n) is 0. The monoisotopic (exact) mass is 345 g/mol. The van der Waals surface area contributed by atoms with Crippen molar-refractivity contribution in [1.29, 1.82) is 0 Å². The Bertz CT molecular complexity index is 115. The standard InChI is InChI=1S/C3H8.3BF4.K.H/c1-3-2;3*2-1(3,4)5;;/h3H2,1-2H3;;;;;/q;3*-1;;. The molecule has 0 atom stereocenters. The van der Waals surface area contributed by atoms with Gasteiger partial charge in [-0.3, -0.25) is 0 Å². The first-order valence-electron chi connectivity index (χ1n) is 4.03. The zero-order valence-corrected chi connectivity index (χ0v) is 8.97. The van der Waals surface area contributed by atoms with Gasteiger partial charge in [-0.2, -0.15) is 0 Å². The predicted octanol–water partition coefficient (Wildman–Crippen LogP) is 4.67. The van der Waals surface area contributed by atoms with E-state index in [2.05, 4.69) is 13.8 Å². The minimum atomic E-state index is -6.00. The second-order valence-corrected chi connectivity index (χ2v) is 2.19. The average Bonchev–Trinajstić information content (AvgIpc) is 1.71. The van der Waals surface area contributed by atoms with E-state index in [0.29, 0.717) is 0 Å². The van der Waals surface area contributed by atoms with Gasteiger partial charge in [0.2, 0.25) is 0 Å². The van der Waals surface area contributed by atoms with Crippen molar-refractivity contribution in [1.82, 2.24) is 0 Å². The van der Waals surface area contributed by atoms with Gasteiger partial charge in [0.05, 0.1) is 0 Å². The predicted molar refractivity (Wildman–Crippen MR) is 53.7 cm³/mol. The summed E-state index contributed by atoms with van der Waals surface area (Å²) in [7, 11) is -18.0. The molecule has 0 fully saturated rings.